The third-order valence-corrected chi connectivity index (χ3v) is 3.62. The lowest BCUT2D eigenvalue weighted by atomic mass is 10.0. The van der Waals surface area contributed by atoms with E-state index in [-0.39, 0.29) is 0 Å². The third-order valence-electron chi connectivity index (χ3n) is 3.62. The number of aryl methyl sites for hydroxylation is 2. The van der Waals surface area contributed by atoms with Gasteiger partial charge in [0.15, 0.2) is 11.6 Å². The van der Waals surface area contributed by atoms with Gasteiger partial charge in [0.25, 0.3) is 0 Å². The normalized spacial score (nSPS) is 10.8. The number of hydrogen-bond donors (Lipinski definition) is 2. The van der Waals surface area contributed by atoms with Crippen molar-refractivity contribution in [2.75, 3.05) is 11.6 Å². The fourth-order valence-corrected chi connectivity index (χ4v) is 2.51. The van der Waals surface area contributed by atoms with Crippen molar-refractivity contribution < 1.29 is 0 Å². The molecule has 21 heavy (non-hydrogen) atoms. The number of imidazole rings is 1. The summed E-state index contributed by atoms with van der Waals surface area (Å²) in [7, 11) is 0. The molecule has 1 aromatic heterocycles. The number of nitrogen functional groups attached to an aromatic ring is 2. The summed E-state index contributed by atoms with van der Waals surface area (Å²) in [5, 5.41) is 0. The van der Waals surface area contributed by atoms with E-state index in [0.29, 0.717) is 11.6 Å². The predicted octanol–water partition coefficient (Wildman–Crippen LogP) is 3.13. The van der Waals surface area contributed by atoms with E-state index in [1.807, 2.05) is 36.4 Å². The molecule has 4 N–H and O–H groups in total. The lowest BCUT2D eigenvalue weighted by molar-refractivity contribution is 1.02. The number of nitrogens with two attached hydrogens (primary N) is 2. The van der Waals surface area contributed by atoms with E-state index in [1.54, 1.807) is 0 Å². The summed E-state index contributed by atoms with van der Waals surface area (Å²) in [4.78, 5) is 4.65. The molecule has 3 rings (SSSR count). The molecule has 3 aromatic rings. The van der Waals surface area contributed by atoms with Crippen LogP contribution in [-0.2, 0) is 0 Å². The van der Waals surface area contributed by atoms with Crippen molar-refractivity contribution in [3.05, 3.63) is 59.7 Å². The average molecular weight is 278 g/mol. The molecular formula is C17H18N4. The zero-order chi connectivity index (χ0) is 15.0. The molecule has 0 saturated carbocycles. The summed E-state index contributed by atoms with van der Waals surface area (Å²) >= 11 is 0. The summed E-state index contributed by atoms with van der Waals surface area (Å²) in [6.07, 6.45) is 0. The highest BCUT2D eigenvalue weighted by molar-refractivity contribution is 5.77. The van der Waals surface area contributed by atoms with E-state index < -0.39 is 0 Å². The van der Waals surface area contributed by atoms with Crippen molar-refractivity contribution in [3.8, 4) is 22.6 Å². The second-order valence-electron chi connectivity index (χ2n) is 5.22. The quantitative estimate of drug-likeness (QED) is 0.707. The van der Waals surface area contributed by atoms with Crippen LogP contribution in [0.1, 0.15) is 11.1 Å². The maximum absolute atomic E-state index is 6.16. The minimum atomic E-state index is 0.473. The Morgan fingerprint density at radius 3 is 2.38 bits per heavy atom. The molecule has 0 bridgehead atoms. The molecule has 0 aliphatic carbocycles. The van der Waals surface area contributed by atoms with Gasteiger partial charge in [0.1, 0.15) is 5.69 Å². The molecule has 1 heterocycles. The largest absolute Gasteiger partial charge is 0.382 e. The van der Waals surface area contributed by atoms with E-state index in [1.165, 1.54) is 10.2 Å². The maximum atomic E-state index is 6.16. The van der Waals surface area contributed by atoms with Crippen molar-refractivity contribution in [1.82, 2.24) is 9.66 Å². The van der Waals surface area contributed by atoms with Gasteiger partial charge in [0, 0.05) is 11.1 Å². The highest BCUT2D eigenvalue weighted by Crippen LogP contribution is 2.31. The first-order valence-electron chi connectivity index (χ1n) is 6.84. The monoisotopic (exact) mass is 278 g/mol. The minimum absolute atomic E-state index is 0.473. The van der Waals surface area contributed by atoms with E-state index in [2.05, 4.69) is 31.0 Å². The average Bonchev–Trinajstić information content (AvgIpc) is 2.77. The van der Waals surface area contributed by atoms with E-state index >= 15 is 0 Å². The minimum Gasteiger partial charge on any atom is -0.382 e. The molecule has 4 heteroatoms. The predicted molar refractivity (Wildman–Crippen MR) is 87.1 cm³/mol. The molecule has 0 aliphatic rings. The van der Waals surface area contributed by atoms with Gasteiger partial charge in [-0.3, -0.25) is 0 Å². The Labute approximate surface area is 124 Å². The zero-order valence-corrected chi connectivity index (χ0v) is 12.2. The molecule has 0 unspecified atom stereocenters. The Kier molecular flexibility index (Phi) is 3.14. The lowest BCUT2D eigenvalue weighted by Crippen LogP contribution is -2.13. The molecular weight excluding hydrogens is 260 g/mol. The number of aromatic nitrogens is 2. The third kappa shape index (κ3) is 2.25. The second-order valence-corrected chi connectivity index (χ2v) is 5.22. The van der Waals surface area contributed by atoms with Crippen LogP contribution in [0.4, 0.5) is 5.82 Å². The number of nitrogens with zero attached hydrogens (tertiary/aromatic N) is 2. The second kappa shape index (κ2) is 4.98. The molecule has 0 fully saturated rings. The van der Waals surface area contributed by atoms with Crippen LogP contribution in [0.25, 0.3) is 22.6 Å². The Hall–Kier alpha value is -2.75. The molecule has 0 spiro atoms. The standard InChI is InChI=1S/C17H18N4/c1-11-8-9-14(12(2)10-11)15-16(18)21(19)17(20-15)13-6-4-3-5-7-13/h3-10H,18-19H2,1-2H3. The van der Waals surface area contributed by atoms with Gasteiger partial charge in [-0.2, -0.15) is 0 Å². The van der Waals surface area contributed by atoms with Crippen LogP contribution in [0.2, 0.25) is 0 Å². The topological polar surface area (TPSA) is 69.9 Å². The summed E-state index contributed by atoms with van der Waals surface area (Å²) in [5.74, 6) is 7.22. The molecule has 0 aliphatic heterocycles. The SMILES string of the molecule is Cc1ccc(-c2nc(-c3ccccc3)n(N)c2N)c(C)c1. The van der Waals surface area contributed by atoms with Crippen molar-refractivity contribution in [1.29, 1.82) is 0 Å². The zero-order valence-electron chi connectivity index (χ0n) is 12.2. The number of anilines is 1. The molecule has 0 radical (unpaired) electrons. The number of rotatable bonds is 2. The van der Waals surface area contributed by atoms with Gasteiger partial charge in [0.2, 0.25) is 0 Å². The Balaban J connectivity index is 2.17. The Morgan fingerprint density at radius 2 is 1.71 bits per heavy atom. The Bertz CT molecular complexity index is 788. The molecule has 106 valence electrons. The molecule has 0 amide bonds. The highest BCUT2D eigenvalue weighted by atomic mass is 15.4. The molecule has 2 aromatic carbocycles. The molecule has 0 saturated heterocycles. The van der Waals surface area contributed by atoms with Gasteiger partial charge in [-0.1, -0.05) is 54.1 Å². The van der Waals surface area contributed by atoms with Crippen LogP contribution in [0, 0.1) is 13.8 Å². The molecule has 4 nitrogen and oxygen atoms in total. The van der Waals surface area contributed by atoms with Crippen molar-refractivity contribution in [2.45, 2.75) is 13.8 Å². The first-order chi connectivity index (χ1) is 10.1. The van der Waals surface area contributed by atoms with E-state index in [0.717, 1.165) is 22.4 Å². The Morgan fingerprint density at radius 1 is 1.00 bits per heavy atom. The summed E-state index contributed by atoms with van der Waals surface area (Å²) in [6.45, 7) is 4.12. The number of hydrogen-bond acceptors (Lipinski definition) is 3. The van der Waals surface area contributed by atoms with Crippen LogP contribution < -0.4 is 11.6 Å². The summed E-state index contributed by atoms with van der Waals surface area (Å²) in [6, 6.07) is 16.0. The first-order valence-corrected chi connectivity index (χ1v) is 6.84. The van der Waals surface area contributed by atoms with Crippen LogP contribution in [0.5, 0.6) is 0 Å². The lowest BCUT2D eigenvalue weighted by Gasteiger charge is -2.05. The van der Waals surface area contributed by atoms with Crippen LogP contribution >= 0.6 is 0 Å². The van der Waals surface area contributed by atoms with Gasteiger partial charge >= 0.3 is 0 Å². The van der Waals surface area contributed by atoms with E-state index in [9.17, 15) is 0 Å². The van der Waals surface area contributed by atoms with Gasteiger partial charge < -0.3 is 11.6 Å². The van der Waals surface area contributed by atoms with Crippen LogP contribution in [-0.4, -0.2) is 9.66 Å². The summed E-state index contributed by atoms with van der Waals surface area (Å²) in [5.41, 5.74) is 11.2. The number of benzene rings is 2. The maximum Gasteiger partial charge on any atom is 0.160 e. The fourth-order valence-electron chi connectivity index (χ4n) is 2.51. The van der Waals surface area contributed by atoms with Crippen molar-refractivity contribution >= 4 is 5.82 Å². The van der Waals surface area contributed by atoms with Crippen LogP contribution in [0.3, 0.4) is 0 Å². The smallest absolute Gasteiger partial charge is 0.160 e. The van der Waals surface area contributed by atoms with Gasteiger partial charge in [-0.25, -0.2) is 9.66 Å². The van der Waals surface area contributed by atoms with E-state index in [4.69, 9.17) is 11.6 Å². The summed E-state index contributed by atoms with van der Waals surface area (Å²) < 4.78 is 1.45. The fraction of sp³-hybridized carbons (Fsp3) is 0.118. The van der Waals surface area contributed by atoms with Gasteiger partial charge in [-0.05, 0) is 19.4 Å². The van der Waals surface area contributed by atoms with Crippen LogP contribution in [0.15, 0.2) is 48.5 Å². The van der Waals surface area contributed by atoms with Crippen molar-refractivity contribution in [2.24, 2.45) is 0 Å². The highest BCUT2D eigenvalue weighted by Gasteiger charge is 2.17. The first kappa shape index (κ1) is 13.2. The van der Waals surface area contributed by atoms with Gasteiger partial charge in [-0.15, -0.1) is 0 Å². The molecule has 0 atom stereocenters. The van der Waals surface area contributed by atoms with Gasteiger partial charge in [0.05, 0.1) is 0 Å². The van der Waals surface area contributed by atoms with Crippen molar-refractivity contribution in [3.63, 3.8) is 0 Å².